The molecule has 1 heterocycles. The summed E-state index contributed by atoms with van der Waals surface area (Å²) in [5.74, 6) is 0.473. The van der Waals surface area contributed by atoms with Gasteiger partial charge in [0.1, 0.15) is 5.60 Å². The van der Waals surface area contributed by atoms with E-state index in [9.17, 15) is 4.79 Å². The molecule has 0 radical (unpaired) electrons. The number of rotatable bonds is 9. The van der Waals surface area contributed by atoms with Crippen LogP contribution >= 0.6 is 0 Å². The van der Waals surface area contributed by atoms with Crippen molar-refractivity contribution in [3.8, 4) is 5.88 Å². The third kappa shape index (κ3) is 4.98. The Morgan fingerprint density at radius 1 is 1.32 bits per heavy atom. The third-order valence-electron chi connectivity index (χ3n) is 3.40. The van der Waals surface area contributed by atoms with Crippen molar-refractivity contribution in [3.05, 3.63) is 17.8 Å². The van der Waals surface area contributed by atoms with Gasteiger partial charge < -0.3 is 14.8 Å². The lowest BCUT2D eigenvalue weighted by atomic mass is 9.99. The molecule has 22 heavy (non-hydrogen) atoms. The first-order chi connectivity index (χ1) is 10.5. The van der Waals surface area contributed by atoms with Gasteiger partial charge in [-0.1, -0.05) is 20.3 Å². The zero-order chi connectivity index (χ0) is 16.6. The second-order valence-electron chi connectivity index (χ2n) is 5.56. The van der Waals surface area contributed by atoms with Gasteiger partial charge in [-0.3, -0.25) is 4.79 Å². The average molecular weight is 308 g/mol. The van der Waals surface area contributed by atoms with Crippen LogP contribution < -0.4 is 10.1 Å². The van der Waals surface area contributed by atoms with E-state index in [1.165, 1.54) is 0 Å². The van der Waals surface area contributed by atoms with Crippen LogP contribution in [0.4, 0.5) is 5.69 Å². The van der Waals surface area contributed by atoms with Gasteiger partial charge in [0, 0.05) is 12.2 Å². The Balaban J connectivity index is 2.80. The van der Waals surface area contributed by atoms with Crippen LogP contribution in [0.1, 0.15) is 52.5 Å². The maximum absolute atomic E-state index is 12.5. The molecule has 1 aromatic rings. The molecule has 0 fully saturated rings. The molecule has 0 spiro atoms. The number of nitrogens with zero attached hydrogens (tertiary/aromatic N) is 1. The fourth-order valence-corrected chi connectivity index (χ4v) is 2.29. The number of nitrogens with one attached hydrogen (secondary N) is 1. The summed E-state index contributed by atoms with van der Waals surface area (Å²) in [5, 5.41) is 2.89. The highest BCUT2D eigenvalue weighted by molar-refractivity contribution is 5.97. The molecule has 1 atom stereocenters. The molecule has 0 aliphatic rings. The first-order valence-corrected chi connectivity index (χ1v) is 8.01. The first kappa shape index (κ1) is 18.4. The van der Waals surface area contributed by atoms with Crippen LogP contribution in [0.5, 0.6) is 5.88 Å². The van der Waals surface area contributed by atoms with E-state index in [1.807, 2.05) is 40.7 Å². The summed E-state index contributed by atoms with van der Waals surface area (Å²) < 4.78 is 11.2. The summed E-state index contributed by atoms with van der Waals surface area (Å²) in [7, 11) is 0. The van der Waals surface area contributed by atoms with Gasteiger partial charge in [0.25, 0.3) is 5.91 Å². The van der Waals surface area contributed by atoms with Crippen molar-refractivity contribution in [3.63, 3.8) is 0 Å². The maximum atomic E-state index is 12.5. The normalized spacial score (nSPS) is 13.5. The van der Waals surface area contributed by atoms with Gasteiger partial charge in [0.15, 0.2) is 0 Å². The number of aromatic nitrogens is 1. The lowest BCUT2D eigenvalue weighted by Crippen LogP contribution is -2.42. The smallest absolute Gasteiger partial charge is 0.256 e. The molecule has 1 amide bonds. The standard InChI is InChI=1S/C17H28N2O3/c1-6-9-17(5,22-8-3)16(20)19-14-11-13(4)15(18-12-14)21-10-7-2/h11-12H,6-10H2,1-5H3,(H,19,20)/t17-/m1/s1. The molecule has 0 unspecified atom stereocenters. The van der Waals surface area contributed by atoms with Gasteiger partial charge >= 0.3 is 0 Å². The monoisotopic (exact) mass is 308 g/mol. The molecule has 0 saturated heterocycles. The van der Waals surface area contributed by atoms with Gasteiger partial charge in [-0.05, 0) is 39.7 Å². The van der Waals surface area contributed by atoms with E-state index >= 15 is 0 Å². The lowest BCUT2D eigenvalue weighted by molar-refractivity contribution is -0.139. The predicted molar refractivity (Wildman–Crippen MR) is 88.3 cm³/mol. The fourth-order valence-electron chi connectivity index (χ4n) is 2.29. The Morgan fingerprint density at radius 3 is 2.59 bits per heavy atom. The first-order valence-electron chi connectivity index (χ1n) is 8.01. The van der Waals surface area contributed by atoms with Gasteiger partial charge in [0.2, 0.25) is 5.88 Å². The molecule has 0 aliphatic carbocycles. The van der Waals surface area contributed by atoms with Crippen LogP contribution in [0.15, 0.2) is 12.3 Å². The Kier molecular flexibility index (Phi) is 7.32. The van der Waals surface area contributed by atoms with Crippen LogP contribution in [-0.2, 0) is 9.53 Å². The molecular formula is C17H28N2O3. The Hall–Kier alpha value is -1.62. The topological polar surface area (TPSA) is 60.5 Å². The molecule has 1 aromatic heterocycles. The molecule has 0 saturated carbocycles. The molecule has 0 aliphatic heterocycles. The van der Waals surface area contributed by atoms with E-state index in [4.69, 9.17) is 9.47 Å². The van der Waals surface area contributed by atoms with Gasteiger partial charge in [-0.2, -0.15) is 0 Å². The number of aryl methyl sites for hydroxylation is 1. The predicted octanol–water partition coefficient (Wildman–Crippen LogP) is 3.71. The van der Waals surface area contributed by atoms with Crippen LogP contribution in [-0.4, -0.2) is 29.7 Å². The Labute approximate surface area is 133 Å². The molecule has 1 N–H and O–H groups in total. The van der Waals surface area contributed by atoms with Crippen molar-refractivity contribution in [2.24, 2.45) is 0 Å². The summed E-state index contributed by atoms with van der Waals surface area (Å²) in [4.78, 5) is 16.8. The largest absolute Gasteiger partial charge is 0.477 e. The number of pyridine rings is 1. The average Bonchev–Trinajstić information content (AvgIpc) is 2.47. The van der Waals surface area contributed by atoms with E-state index in [0.29, 0.717) is 31.2 Å². The Bertz CT molecular complexity index is 483. The second-order valence-corrected chi connectivity index (χ2v) is 5.56. The van der Waals surface area contributed by atoms with E-state index < -0.39 is 5.60 Å². The van der Waals surface area contributed by atoms with Crippen molar-refractivity contribution < 1.29 is 14.3 Å². The summed E-state index contributed by atoms with van der Waals surface area (Å²) in [5.41, 5.74) is 0.752. The number of carbonyl (C=O) groups is 1. The Morgan fingerprint density at radius 2 is 2.05 bits per heavy atom. The van der Waals surface area contributed by atoms with Crippen molar-refractivity contribution >= 4 is 11.6 Å². The number of hydrogen-bond acceptors (Lipinski definition) is 4. The van der Waals surface area contributed by atoms with Crippen molar-refractivity contribution in [1.82, 2.24) is 4.98 Å². The number of hydrogen-bond donors (Lipinski definition) is 1. The highest BCUT2D eigenvalue weighted by Gasteiger charge is 2.33. The lowest BCUT2D eigenvalue weighted by Gasteiger charge is -2.27. The summed E-state index contributed by atoms with van der Waals surface area (Å²) in [6, 6.07) is 1.87. The van der Waals surface area contributed by atoms with E-state index in [0.717, 1.165) is 18.4 Å². The third-order valence-corrected chi connectivity index (χ3v) is 3.40. The molecule has 124 valence electrons. The SMILES string of the molecule is CCCOc1ncc(NC(=O)[C@@](C)(CCC)OCC)cc1C. The number of carbonyl (C=O) groups excluding carboxylic acids is 1. The molecule has 0 aromatic carbocycles. The van der Waals surface area contributed by atoms with Crippen LogP contribution in [0.3, 0.4) is 0 Å². The highest BCUT2D eigenvalue weighted by Crippen LogP contribution is 2.23. The molecule has 0 bridgehead atoms. The fraction of sp³-hybridized carbons (Fsp3) is 0.647. The van der Waals surface area contributed by atoms with Crippen molar-refractivity contribution in [2.75, 3.05) is 18.5 Å². The highest BCUT2D eigenvalue weighted by atomic mass is 16.5. The van der Waals surface area contributed by atoms with E-state index in [2.05, 4.69) is 10.3 Å². The summed E-state index contributed by atoms with van der Waals surface area (Å²) in [6.07, 6.45) is 4.11. The summed E-state index contributed by atoms with van der Waals surface area (Å²) in [6.45, 7) is 10.9. The second kappa shape index (κ2) is 8.73. The van der Waals surface area contributed by atoms with Crippen molar-refractivity contribution in [1.29, 1.82) is 0 Å². The number of anilines is 1. The van der Waals surface area contributed by atoms with Gasteiger partial charge in [-0.25, -0.2) is 4.98 Å². The molecular weight excluding hydrogens is 280 g/mol. The van der Waals surface area contributed by atoms with Crippen LogP contribution in [0.25, 0.3) is 0 Å². The van der Waals surface area contributed by atoms with Gasteiger partial charge in [0.05, 0.1) is 18.5 Å². The molecule has 1 rings (SSSR count). The summed E-state index contributed by atoms with van der Waals surface area (Å²) >= 11 is 0. The molecule has 5 nitrogen and oxygen atoms in total. The maximum Gasteiger partial charge on any atom is 0.256 e. The zero-order valence-electron chi connectivity index (χ0n) is 14.4. The minimum atomic E-state index is -0.811. The zero-order valence-corrected chi connectivity index (χ0v) is 14.4. The molecule has 5 heteroatoms. The quantitative estimate of drug-likeness (QED) is 0.755. The van der Waals surface area contributed by atoms with Crippen molar-refractivity contribution in [2.45, 2.75) is 59.5 Å². The minimum absolute atomic E-state index is 0.139. The van der Waals surface area contributed by atoms with Gasteiger partial charge in [-0.15, -0.1) is 0 Å². The van der Waals surface area contributed by atoms with E-state index in [-0.39, 0.29) is 5.91 Å². The van der Waals surface area contributed by atoms with E-state index in [1.54, 1.807) is 6.20 Å². The number of amides is 1. The number of ether oxygens (including phenoxy) is 2. The van der Waals surface area contributed by atoms with Crippen LogP contribution in [0, 0.1) is 6.92 Å². The minimum Gasteiger partial charge on any atom is -0.477 e. The van der Waals surface area contributed by atoms with Crippen LogP contribution in [0.2, 0.25) is 0 Å².